The average molecular weight is 301 g/mol. The van der Waals surface area contributed by atoms with Crippen molar-refractivity contribution in [3.05, 3.63) is 59.2 Å². The van der Waals surface area contributed by atoms with Crippen LogP contribution in [0.15, 0.2) is 42.5 Å². The number of hydrogen-bond acceptors (Lipinski definition) is 4. The minimum Gasteiger partial charge on any atom is -0.508 e. The number of rotatable bonds is 7. The predicted molar refractivity (Wildman–Crippen MR) is 87.2 cm³/mol. The van der Waals surface area contributed by atoms with Gasteiger partial charge in [0.15, 0.2) is 0 Å². The predicted octanol–water partition coefficient (Wildman–Crippen LogP) is 2.54. The van der Waals surface area contributed by atoms with Crippen molar-refractivity contribution in [3.8, 4) is 11.5 Å². The van der Waals surface area contributed by atoms with E-state index < -0.39 is 6.10 Å². The van der Waals surface area contributed by atoms with Gasteiger partial charge in [0.05, 0.1) is 0 Å². The number of aromatic hydroxyl groups is 1. The minimum absolute atomic E-state index is 0.232. The maximum atomic E-state index is 9.93. The molecule has 2 aromatic carbocycles. The maximum absolute atomic E-state index is 9.93. The van der Waals surface area contributed by atoms with Crippen LogP contribution in [0.1, 0.15) is 16.7 Å². The minimum atomic E-state index is -0.604. The molecule has 0 spiro atoms. The summed E-state index contributed by atoms with van der Waals surface area (Å²) in [5.74, 6) is 1.03. The SMILES string of the molecule is Cc1cccc(OCC(O)CNCc2cc(C)ccc2O)c1. The van der Waals surface area contributed by atoms with E-state index in [0.29, 0.717) is 13.1 Å². The van der Waals surface area contributed by atoms with Gasteiger partial charge in [-0.05, 0) is 37.6 Å². The topological polar surface area (TPSA) is 61.7 Å². The van der Waals surface area contributed by atoms with Crippen molar-refractivity contribution < 1.29 is 14.9 Å². The third kappa shape index (κ3) is 5.06. The van der Waals surface area contributed by atoms with E-state index in [1.54, 1.807) is 6.07 Å². The summed E-state index contributed by atoms with van der Waals surface area (Å²) in [4.78, 5) is 0. The molecule has 1 atom stereocenters. The highest BCUT2D eigenvalue weighted by Crippen LogP contribution is 2.17. The molecule has 4 nitrogen and oxygen atoms in total. The molecular weight excluding hydrogens is 278 g/mol. The first-order valence-electron chi connectivity index (χ1n) is 7.41. The summed E-state index contributed by atoms with van der Waals surface area (Å²) < 4.78 is 5.55. The zero-order valence-corrected chi connectivity index (χ0v) is 13.0. The lowest BCUT2D eigenvalue weighted by molar-refractivity contribution is 0.106. The second-order valence-electron chi connectivity index (χ2n) is 5.54. The number of aliphatic hydroxyl groups is 1. The van der Waals surface area contributed by atoms with Crippen LogP contribution in [0.25, 0.3) is 0 Å². The van der Waals surface area contributed by atoms with Gasteiger partial charge in [-0.25, -0.2) is 0 Å². The van der Waals surface area contributed by atoms with Gasteiger partial charge in [-0.1, -0.05) is 29.8 Å². The third-order valence-electron chi connectivity index (χ3n) is 3.36. The van der Waals surface area contributed by atoms with E-state index in [9.17, 15) is 10.2 Å². The highest BCUT2D eigenvalue weighted by atomic mass is 16.5. The van der Waals surface area contributed by atoms with E-state index in [1.807, 2.05) is 50.2 Å². The molecule has 1 unspecified atom stereocenters. The van der Waals surface area contributed by atoms with Crippen LogP contribution in [0.3, 0.4) is 0 Å². The largest absolute Gasteiger partial charge is 0.508 e. The number of ether oxygens (including phenoxy) is 1. The smallest absolute Gasteiger partial charge is 0.120 e. The fourth-order valence-electron chi connectivity index (χ4n) is 2.19. The van der Waals surface area contributed by atoms with E-state index in [-0.39, 0.29) is 12.4 Å². The lowest BCUT2D eigenvalue weighted by atomic mass is 10.1. The highest BCUT2D eigenvalue weighted by molar-refractivity contribution is 5.35. The van der Waals surface area contributed by atoms with Crippen LogP contribution in [0.4, 0.5) is 0 Å². The summed E-state index contributed by atoms with van der Waals surface area (Å²) in [7, 11) is 0. The van der Waals surface area contributed by atoms with Gasteiger partial charge in [-0.2, -0.15) is 0 Å². The Bertz CT molecular complexity index is 613. The van der Waals surface area contributed by atoms with Gasteiger partial charge >= 0.3 is 0 Å². The van der Waals surface area contributed by atoms with Crippen molar-refractivity contribution in [2.45, 2.75) is 26.5 Å². The molecule has 0 aliphatic carbocycles. The molecule has 0 saturated carbocycles. The second-order valence-corrected chi connectivity index (χ2v) is 5.54. The molecule has 0 radical (unpaired) electrons. The van der Waals surface area contributed by atoms with Crippen molar-refractivity contribution in [2.75, 3.05) is 13.2 Å². The standard InChI is InChI=1S/C18H23NO3/c1-13-4-3-5-17(9-13)22-12-16(20)11-19-10-15-8-14(2)6-7-18(15)21/h3-9,16,19-21H,10-12H2,1-2H3. The summed E-state index contributed by atoms with van der Waals surface area (Å²) >= 11 is 0. The molecule has 0 heterocycles. The van der Waals surface area contributed by atoms with Crippen molar-refractivity contribution in [1.29, 1.82) is 0 Å². The Morgan fingerprint density at radius 3 is 2.64 bits per heavy atom. The molecule has 0 aromatic heterocycles. The number of aryl methyl sites for hydroxylation is 2. The van der Waals surface area contributed by atoms with Gasteiger partial charge in [-0.15, -0.1) is 0 Å². The van der Waals surface area contributed by atoms with Crippen molar-refractivity contribution in [2.24, 2.45) is 0 Å². The summed E-state index contributed by atoms with van der Waals surface area (Å²) in [6.07, 6.45) is -0.604. The van der Waals surface area contributed by atoms with E-state index in [0.717, 1.165) is 22.4 Å². The maximum Gasteiger partial charge on any atom is 0.120 e. The molecule has 0 fully saturated rings. The van der Waals surface area contributed by atoms with Crippen LogP contribution in [-0.2, 0) is 6.54 Å². The van der Waals surface area contributed by atoms with Crippen molar-refractivity contribution >= 4 is 0 Å². The molecule has 0 aliphatic heterocycles. The first-order chi connectivity index (χ1) is 10.5. The van der Waals surface area contributed by atoms with Gasteiger partial charge in [0.25, 0.3) is 0 Å². The Morgan fingerprint density at radius 2 is 1.86 bits per heavy atom. The quantitative estimate of drug-likeness (QED) is 0.735. The molecule has 2 aromatic rings. The summed E-state index contributed by atoms with van der Waals surface area (Å²) in [5, 5.41) is 22.8. The molecule has 3 N–H and O–H groups in total. The molecule has 118 valence electrons. The Labute approximate surface area is 131 Å². The second kappa shape index (κ2) is 7.82. The highest BCUT2D eigenvalue weighted by Gasteiger charge is 2.07. The average Bonchev–Trinajstić information content (AvgIpc) is 2.49. The molecule has 0 amide bonds. The van der Waals surface area contributed by atoms with Crippen LogP contribution in [0.2, 0.25) is 0 Å². The summed E-state index contributed by atoms with van der Waals surface area (Å²) in [5.41, 5.74) is 3.05. The van der Waals surface area contributed by atoms with Crippen LogP contribution in [-0.4, -0.2) is 29.5 Å². The number of hydrogen-bond donors (Lipinski definition) is 3. The zero-order valence-electron chi connectivity index (χ0n) is 13.0. The van der Waals surface area contributed by atoms with E-state index in [4.69, 9.17) is 4.74 Å². The number of phenolic OH excluding ortho intramolecular Hbond substituents is 1. The number of nitrogens with one attached hydrogen (secondary N) is 1. The zero-order chi connectivity index (χ0) is 15.9. The molecule has 0 bridgehead atoms. The van der Waals surface area contributed by atoms with Crippen molar-refractivity contribution in [1.82, 2.24) is 5.32 Å². The summed E-state index contributed by atoms with van der Waals surface area (Å²) in [6, 6.07) is 13.2. The first kappa shape index (κ1) is 16.3. The molecule has 0 saturated heterocycles. The lowest BCUT2D eigenvalue weighted by Gasteiger charge is -2.14. The van der Waals surface area contributed by atoms with E-state index in [2.05, 4.69) is 5.32 Å². The molecule has 0 aliphatic rings. The first-order valence-corrected chi connectivity index (χ1v) is 7.41. The summed E-state index contributed by atoms with van der Waals surface area (Å²) in [6.45, 7) is 5.12. The van der Waals surface area contributed by atoms with Crippen LogP contribution >= 0.6 is 0 Å². The van der Waals surface area contributed by atoms with E-state index in [1.165, 1.54) is 0 Å². The van der Waals surface area contributed by atoms with Gasteiger partial charge in [0, 0.05) is 18.7 Å². The van der Waals surface area contributed by atoms with Crippen LogP contribution in [0.5, 0.6) is 11.5 Å². The normalized spacial score (nSPS) is 12.1. The fourth-order valence-corrected chi connectivity index (χ4v) is 2.19. The van der Waals surface area contributed by atoms with Crippen LogP contribution < -0.4 is 10.1 Å². The Morgan fingerprint density at radius 1 is 1.09 bits per heavy atom. The van der Waals surface area contributed by atoms with Crippen LogP contribution in [0, 0.1) is 13.8 Å². The molecule has 22 heavy (non-hydrogen) atoms. The number of aliphatic hydroxyl groups excluding tert-OH is 1. The fraction of sp³-hybridized carbons (Fsp3) is 0.333. The number of benzene rings is 2. The van der Waals surface area contributed by atoms with Gasteiger partial charge in [-0.3, -0.25) is 0 Å². The Hall–Kier alpha value is -2.04. The molecular formula is C18H23NO3. The van der Waals surface area contributed by atoms with Crippen molar-refractivity contribution in [3.63, 3.8) is 0 Å². The number of phenols is 1. The third-order valence-corrected chi connectivity index (χ3v) is 3.36. The molecule has 4 heteroatoms. The van der Waals surface area contributed by atoms with Gasteiger partial charge in [0.2, 0.25) is 0 Å². The van der Waals surface area contributed by atoms with E-state index >= 15 is 0 Å². The van der Waals surface area contributed by atoms with Gasteiger partial charge in [0.1, 0.15) is 24.2 Å². The Balaban J connectivity index is 1.73. The molecule has 2 rings (SSSR count). The Kier molecular flexibility index (Phi) is 5.81. The lowest BCUT2D eigenvalue weighted by Crippen LogP contribution is -2.31. The monoisotopic (exact) mass is 301 g/mol. The van der Waals surface area contributed by atoms with Gasteiger partial charge < -0.3 is 20.3 Å².